The Hall–Kier alpha value is -2.88. The number of nitriles is 1. The molecule has 0 aliphatic carbocycles. The molecule has 110 valence electrons. The van der Waals surface area contributed by atoms with Gasteiger partial charge >= 0.3 is 0 Å². The summed E-state index contributed by atoms with van der Waals surface area (Å²) in [5.41, 5.74) is 5.94. The lowest BCUT2D eigenvalue weighted by Gasteiger charge is -2.14. The summed E-state index contributed by atoms with van der Waals surface area (Å²) in [6, 6.07) is 7.26. The molecule has 1 aromatic rings. The minimum Gasteiger partial charge on any atom is -0.368 e. The van der Waals surface area contributed by atoms with E-state index in [-0.39, 0.29) is 24.3 Å². The molecule has 1 rings (SSSR count). The number of nitrogens with zero attached hydrogens (tertiary/aromatic N) is 1. The first-order valence-electron chi connectivity index (χ1n) is 6.29. The van der Waals surface area contributed by atoms with Gasteiger partial charge in [0.25, 0.3) is 5.91 Å². The van der Waals surface area contributed by atoms with Gasteiger partial charge in [0.2, 0.25) is 11.8 Å². The molecule has 0 heterocycles. The SMILES string of the molecule is CC(=O)Nc1cccc(C(=O)N[C@H](CCC#N)C(N)=O)c1. The molecule has 7 heteroatoms. The molecule has 0 bridgehead atoms. The lowest BCUT2D eigenvalue weighted by Crippen LogP contribution is -2.44. The lowest BCUT2D eigenvalue weighted by atomic mass is 10.1. The van der Waals surface area contributed by atoms with Crippen LogP contribution in [-0.2, 0) is 9.59 Å². The molecule has 21 heavy (non-hydrogen) atoms. The van der Waals surface area contributed by atoms with Crippen LogP contribution >= 0.6 is 0 Å². The number of hydrogen-bond donors (Lipinski definition) is 3. The van der Waals surface area contributed by atoms with Crippen LogP contribution in [0.5, 0.6) is 0 Å². The highest BCUT2D eigenvalue weighted by Crippen LogP contribution is 2.11. The lowest BCUT2D eigenvalue weighted by molar-refractivity contribution is -0.120. The molecule has 0 spiro atoms. The van der Waals surface area contributed by atoms with Crippen molar-refractivity contribution >= 4 is 23.4 Å². The van der Waals surface area contributed by atoms with Crippen LogP contribution in [0.15, 0.2) is 24.3 Å². The van der Waals surface area contributed by atoms with Crippen molar-refractivity contribution < 1.29 is 14.4 Å². The number of amides is 3. The minimum atomic E-state index is -0.901. The van der Waals surface area contributed by atoms with Crippen molar-refractivity contribution in [2.24, 2.45) is 5.73 Å². The average molecular weight is 288 g/mol. The molecule has 0 saturated heterocycles. The molecule has 0 aromatic heterocycles. The fourth-order valence-corrected chi connectivity index (χ4v) is 1.68. The molecule has 1 aromatic carbocycles. The number of carbonyl (C=O) groups is 3. The van der Waals surface area contributed by atoms with Crippen molar-refractivity contribution in [2.75, 3.05) is 5.32 Å². The zero-order valence-electron chi connectivity index (χ0n) is 11.6. The molecule has 0 unspecified atom stereocenters. The maximum absolute atomic E-state index is 12.0. The fourth-order valence-electron chi connectivity index (χ4n) is 1.68. The van der Waals surface area contributed by atoms with Crippen LogP contribution in [0.25, 0.3) is 0 Å². The van der Waals surface area contributed by atoms with E-state index in [0.717, 1.165) is 0 Å². The Bertz CT molecular complexity index is 592. The van der Waals surface area contributed by atoms with Gasteiger partial charge in [0.15, 0.2) is 0 Å². The van der Waals surface area contributed by atoms with E-state index in [9.17, 15) is 14.4 Å². The van der Waals surface area contributed by atoms with Crippen molar-refractivity contribution in [3.05, 3.63) is 29.8 Å². The van der Waals surface area contributed by atoms with Crippen LogP contribution in [0.2, 0.25) is 0 Å². The molecule has 1 atom stereocenters. The second-order valence-electron chi connectivity index (χ2n) is 4.39. The van der Waals surface area contributed by atoms with Crippen LogP contribution in [0.4, 0.5) is 5.69 Å². The van der Waals surface area contributed by atoms with Gasteiger partial charge in [0, 0.05) is 24.6 Å². The molecule has 0 saturated carbocycles. The number of nitrogens with two attached hydrogens (primary N) is 1. The highest BCUT2D eigenvalue weighted by Gasteiger charge is 2.18. The number of carbonyl (C=O) groups excluding carboxylic acids is 3. The van der Waals surface area contributed by atoms with Gasteiger partial charge in [-0.1, -0.05) is 6.07 Å². The summed E-state index contributed by atoms with van der Waals surface area (Å²) in [6.45, 7) is 1.36. The summed E-state index contributed by atoms with van der Waals surface area (Å²) in [5.74, 6) is -1.45. The Labute approximate surface area is 122 Å². The number of nitrogens with one attached hydrogen (secondary N) is 2. The van der Waals surface area contributed by atoms with Gasteiger partial charge in [-0.15, -0.1) is 0 Å². The van der Waals surface area contributed by atoms with E-state index < -0.39 is 17.9 Å². The highest BCUT2D eigenvalue weighted by molar-refractivity contribution is 5.99. The van der Waals surface area contributed by atoms with E-state index in [4.69, 9.17) is 11.0 Å². The van der Waals surface area contributed by atoms with Crippen molar-refractivity contribution in [2.45, 2.75) is 25.8 Å². The second kappa shape index (κ2) is 7.65. The topological polar surface area (TPSA) is 125 Å². The van der Waals surface area contributed by atoms with E-state index >= 15 is 0 Å². The third-order valence-electron chi connectivity index (χ3n) is 2.64. The normalized spacial score (nSPS) is 11.0. The molecule has 3 amide bonds. The number of anilines is 1. The minimum absolute atomic E-state index is 0.111. The van der Waals surface area contributed by atoms with E-state index in [1.54, 1.807) is 18.2 Å². The molecule has 0 aliphatic rings. The summed E-state index contributed by atoms with van der Waals surface area (Å²) in [5, 5.41) is 13.5. The monoisotopic (exact) mass is 288 g/mol. The van der Waals surface area contributed by atoms with Gasteiger partial charge in [-0.3, -0.25) is 14.4 Å². The van der Waals surface area contributed by atoms with Crippen LogP contribution < -0.4 is 16.4 Å². The van der Waals surface area contributed by atoms with Crippen molar-refractivity contribution in [3.63, 3.8) is 0 Å². The molecule has 0 aliphatic heterocycles. The van der Waals surface area contributed by atoms with Crippen molar-refractivity contribution in [3.8, 4) is 6.07 Å². The summed E-state index contributed by atoms with van der Waals surface area (Å²) in [6.07, 6.45) is 0.267. The fraction of sp³-hybridized carbons (Fsp3) is 0.286. The van der Waals surface area contributed by atoms with Gasteiger partial charge in [-0.05, 0) is 24.6 Å². The quantitative estimate of drug-likeness (QED) is 0.706. The van der Waals surface area contributed by atoms with E-state index in [1.165, 1.54) is 13.0 Å². The largest absolute Gasteiger partial charge is 0.368 e. The first-order valence-corrected chi connectivity index (χ1v) is 6.29. The van der Waals surface area contributed by atoms with E-state index in [1.807, 2.05) is 6.07 Å². The number of benzene rings is 1. The Morgan fingerprint density at radius 3 is 2.67 bits per heavy atom. The maximum Gasteiger partial charge on any atom is 0.252 e. The first kappa shape index (κ1) is 16.2. The molecular formula is C14H16N4O3. The average Bonchev–Trinajstić information content (AvgIpc) is 2.42. The number of rotatable bonds is 6. The maximum atomic E-state index is 12.0. The van der Waals surface area contributed by atoms with Gasteiger partial charge < -0.3 is 16.4 Å². The van der Waals surface area contributed by atoms with Gasteiger partial charge in [0.1, 0.15) is 6.04 Å². The predicted octanol–water partition coefficient (Wildman–Crippen LogP) is 0.532. The smallest absolute Gasteiger partial charge is 0.252 e. The molecule has 4 N–H and O–H groups in total. The number of primary amides is 1. The molecular weight excluding hydrogens is 272 g/mol. The van der Waals surface area contributed by atoms with Gasteiger partial charge in [-0.25, -0.2) is 0 Å². The Morgan fingerprint density at radius 1 is 1.38 bits per heavy atom. The van der Waals surface area contributed by atoms with Crippen LogP contribution in [0, 0.1) is 11.3 Å². The summed E-state index contributed by atoms with van der Waals surface area (Å²) < 4.78 is 0. The van der Waals surface area contributed by atoms with Crippen molar-refractivity contribution in [1.82, 2.24) is 5.32 Å². The standard InChI is InChI=1S/C14H16N4O3/c1-9(19)17-11-5-2-4-10(8-11)14(21)18-12(13(16)20)6-3-7-15/h2,4-5,8,12H,3,6H2,1H3,(H2,16,20)(H,17,19)(H,18,21)/t12-/m1/s1. The summed E-state index contributed by atoms with van der Waals surface area (Å²) in [7, 11) is 0. The molecule has 7 nitrogen and oxygen atoms in total. The molecule has 0 radical (unpaired) electrons. The first-order chi connectivity index (χ1) is 9.93. The van der Waals surface area contributed by atoms with Gasteiger partial charge in [0.05, 0.1) is 6.07 Å². The highest BCUT2D eigenvalue weighted by atomic mass is 16.2. The second-order valence-corrected chi connectivity index (χ2v) is 4.39. The van der Waals surface area contributed by atoms with Crippen molar-refractivity contribution in [1.29, 1.82) is 5.26 Å². The van der Waals surface area contributed by atoms with Gasteiger partial charge in [-0.2, -0.15) is 5.26 Å². The van der Waals surface area contributed by atoms with Crippen LogP contribution in [0.1, 0.15) is 30.1 Å². The predicted molar refractivity (Wildman–Crippen MR) is 76.0 cm³/mol. The Kier molecular flexibility index (Phi) is 5.89. The summed E-state index contributed by atoms with van der Waals surface area (Å²) in [4.78, 5) is 34.2. The van der Waals surface area contributed by atoms with Crippen LogP contribution in [0.3, 0.4) is 0 Å². The van der Waals surface area contributed by atoms with Crippen LogP contribution in [-0.4, -0.2) is 23.8 Å². The Morgan fingerprint density at radius 2 is 2.10 bits per heavy atom. The zero-order valence-corrected chi connectivity index (χ0v) is 11.6. The zero-order chi connectivity index (χ0) is 15.8. The van der Waals surface area contributed by atoms with E-state index in [0.29, 0.717) is 5.69 Å². The van der Waals surface area contributed by atoms with E-state index in [2.05, 4.69) is 10.6 Å². The third-order valence-corrected chi connectivity index (χ3v) is 2.64. The third kappa shape index (κ3) is 5.32. The summed E-state index contributed by atoms with van der Waals surface area (Å²) >= 11 is 0. The number of hydrogen-bond acceptors (Lipinski definition) is 4. The Balaban J connectivity index is 2.80. The molecule has 0 fully saturated rings.